The topological polar surface area (TPSA) is 67.2 Å². The van der Waals surface area contributed by atoms with Gasteiger partial charge in [0.25, 0.3) is 5.91 Å². The number of hydrogen-bond donors (Lipinski definition) is 2. The molecule has 1 amide bonds. The number of aliphatic hydroxyl groups excluding tert-OH is 1. The van der Waals surface area contributed by atoms with E-state index in [1.807, 2.05) is 19.1 Å². The van der Waals surface area contributed by atoms with Gasteiger partial charge in [-0.15, -0.1) is 0 Å². The number of benzene rings is 1. The Labute approximate surface area is 117 Å². The molecule has 0 unspecified atom stereocenters. The van der Waals surface area contributed by atoms with E-state index in [-0.39, 0.29) is 12.5 Å². The average Bonchev–Trinajstić information content (AvgIpc) is 2.84. The lowest BCUT2D eigenvalue weighted by atomic mass is 10.1. The Kier molecular flexibility index (Phi) is 4.18. The van der Waals surface area contributed by atoms with Crippen molar-refractivity contribution < 1.29 is 9.90 Å². The van der Waals surface area contributed by atoms with Crippen LogP contribution < -0.4 is 5.32 Å². The van der Waals surface area contributed by atoms with Gasteiger partial charge in [0.1, 0.15) is 12.3 Å². The van der Waals surface area contributed by atoms with Gasteiger partial charge in [-0.25, -0.2) is 0 Å². The Hall–Kier alpha value is -2.58. The lowest BCUT2D eigenvalue weighted by Gasteiger charge is -2.07. The zero-order valence-corrected chi connectivity index (χ0v) is 11.3. The summed E-state index contributed by atoms with van der Waals surface area (Å²) < 4.78 is 1.52. The van der Waals surface area contributed by atoms with Crippen molar-refractivity contribution in [2.24, 2.45) is 7.05 Å². The van der Waals surface area contributed by atoms with E-state index < -0.39 is 0 Å². The fourth-order valence-electron chi connectivity index (χ4n) is 1.81. The maximum atomic E-state index is 12.0. The second-order valence-corrected chi connectivity index (χ2v) is 4.28. The summed E-state index contributed by atoms with van der Waals surface area (Å²) >= 11 is 0. The van der Waals surface area contributed by atoms with Crippen molar-refractivity contribution in [2.45, 2.75) is 6.92 Å². The molecule has 0 spiro atoms. The highest BCUT2D eigenvalue weighted by Crippen LogP contribution is 2.15. The van der Waals surface area contributed by atoms with Crippen LogP contribution in [0.2, 0.25) is 0 Å². The number of carbonyl (C=O) groups is 1. The van der Waals surface area contributed by atoms with Crippen molar-refractivity contribution >= 4 is 11.6 Å². The smallest absolute Gasteiger partial charge is 0.273 e. The third-order valence-corrected chi connectivity index (χ3v) is 2.84. The molecule has 20 heavy (non-hydrogen) atoms. The van der Waals surface area contributed by atoms with Crippen LogP contribution >= 0.6 is 0 Å². The molecular weight excluding hydrogens is 254 g/mol. The molecular formula is C15H15N3O2. The number of nitrogens with one attached hydrogen (secondary N) is 1. The first-order valence-corrected chi connectivity index (χ1v) is 6.11. The number of anilines is 1. The fraction of sp³-hybridized carbons (Fsp3) is 0.200. The van der Waals surface area contributed by atoms with Gasteiger partial charge in [0.2, 0.25) is 0 Å². The van der Waals surface area contributed by atoms with Crippen molar-refractivity contribution in [3.8, 4) is 11.8 Å². The molecule has 0 saturated carbocycles. The standard InChI is InChI=1S/C15H15N3O2/c1-11-10-13(6-5-12(11)4-3-9-19)17-15(20)14-7-8-16-18(14)2/h5-8,10,19H,9H2,1-2H3,(H,17,20). The minimum absolute atomic E-state index is 0.168. The molecule has 5 heteroatoms. The first-order valence-electron chi connectivity index (χ1n) is 6.11. The van der Waals surface area contributed by atoms with E-state index in [0.717, 1.165) is 11.1 Å². The maximum Gasteiger partial charge on any atom is 0.273 e. The summed E-state index contributed by atoms with van der Waals surface area (Å²) in [6.45, 7) is 1.74. The molecule has 0 aliphatic rings. The zero-order valence-electron chi connectivity index (χ0n) is 11.3. The molecule has 0 fully saturated rings. The molecule has 0 aliphatic carbocycles. The molecule has 5 nitrogen and oxygen atoms in total. The maximum absolute atomic E-state index is 12.0. The Bertz CT molecular complexity index is 693. The number of carbonyl (C=O) groups excluding carboxylic acids is 1. The normalized spacial score (nSPS) is 9.75. The summed E-state index contributed by atoms with van der Waals surface area (Å²) in [7, 11) is 1.72. The third-order valence-electron chi connectivity index (χ3n) is 2.84. The van der Waals surface area contributed by atoms with E-state index >= 15 is 0 Å². The first-order chi connectivity index (χ1) is 9.61. The summed E-state index contributed by atoms with van der Waals surface area (Å²) in [5.74, 6) is 5.25. The number of aromatic nitrogens is 2. The lowest BCUT2D eigenvalue weighted by Crippen LogP contribution is -2.16. The van der Waals surface area contributed by atoms with Crippen molar-refractivity contribution in [3.05, 3.63) is 47.3 Å². The second kappa shape index (κ2) is 6.04. The van der Waals surface area contributed by atoms with Crippen LogP contribution in [0.3, 0.4) is 0 Å². The predicted octanol–water partition coefficient (Wildman–Crippen LogP) is 1.32. The molecule has 102 valence electrons. The monoisotopic (exact) mass is 269 g/mol. The minimum Gasteiger partial charge on any atom is -0.384 e. The Morgan fingerprint density at radius 2 is 2.25 bits per heavy atom. The molecule has 0 saturated heterocycles. The second-order valence-electron chi connectivity index (χ2n) is 4.28. The summed E-state index contributed by atoms with van der Waals surface area (Å²) in [6, 6.07) is 7.10. The van der Waals surface area contributed by atoms with Gasteiger partial charge < -0.3 is 10.4 Å². The van der Waals surface area contributed by atoms with Gasteiger partial charge >= 0.3 is 0 Å². The fourth-order valence-corrected chi connectivity index (χ4v) is 1.81. The van der Waals surface area contributed by atoms with Crippen LogP contribution in [-0.2, 0) is 7.05 Å². The van der Waals surface area contributed by atoms with Crippen molar-refractivity contribution in [2.75, 3.05) is 11.9 Å². The van der Waals surface area contributed by atoms with Crippen LogP contribution in [0.5, 0.6) is 0 Å². The van der Waals surface area contributed by atoms with E-state index in [1.54, 1.807) is 25.4 Å². The molecule has 1 aromatic carbocycles. The van der Waals surface area contributed by atoms with Crippen LogP contribution in [0, 0.1) is 18.8 Å². The molecule has 2 aromatic rings. The van der Waals surface area contributed by atoms with E-state index in [9.17, 15) is 4.79 Å². The summed E-state index contributed by atoms with van der Waals surface area (Å²) in [4.78, 5) is 12.0. The highest BCUT2D eigenvalue weighted by molar-refractivity contribution is 6.03. The van der Waals surface area contributed by atoms with Crippen LogP contribution in [0.15, 0.2) is 30.5 Å². The minimum atomic E-state index is -0.210. The van der Waals surface area contributed by atoms with Crippen molar-refractivity contribution in [1.29, 1.82) is 0 Å². The highest BCUT2D eigenvalue weighted by Gasteiger charge is 2.10. The average molecular weight is 269 g/mol. The van der Waals surface area contributed by atoms with Crippen molar-refractivity contribution in [3.63, 3.8) is 0 Å². The van der Waals surface area contributed by atoms with Crippen LogP contribution in [0.1, 0.15) is 21.6 Å². The molecule has 0 bridgehead atoms. The van der Waals surface area contributed by atoms with Gasteiger partial charge in [-0.2, -0.15) is 5.10 Å². The largest absolute Gasteiger partial charge is 0.384 e. The van der Waals surface area contributed by atoms with Crippen LogP contribution in [0.4, 0.5) is 5.69 Å². The number of amides is 1. The Balaban J connectivity index is 2.17. The summed E-state index contributed by atoms with van der Waals surface area (Å²) in [5, 5.41) is 15.5. The van der Waals surface area contributed by atoms with Gasteiger partial charge in [-0.05, 0) is 36.8 Å². The van der Waals surface area contributed by atoms with Gasteiger partial charge in [0.05, 0.1) is 0 Å². The van der Waals surface area contributed by atoms with E-state index in [2.05, 4.69) is 22.3 Å². The molecule has 2 rings (SSSR count). The molecule has 1 aromatic heterocycles. The number of hydrogen-bond acceptors (Lipinski definition) is 3. The van der Waals surface area contributed by atoms with Crippen molar-refractivity contribution in [1.82, 2.24) is 9.78 Å². The number of rotatable bonds is 2. The van der Waals surface area contributed by atoms with Gasteiger partial charge in [0, 0.05) is 24.5 Å². The summed E-state index contributed by atoms with van der Waals surface area (Å²) in [5.41, 5.74) is 2.96. The molecule has 2 N–H and O–H groups in total. The van der Waals surface area contributed by atoms with E-state index in [0.29, 0.717) is 11.4 Å². The van der Waals surface area contributed by atoms with Gasteiger partial charge in [0.15, 0.2) is 0 Å². The highest BCUT2D eigenvalue weighted by atomic mass is 16.2. The predicted molar refractivity (Wildman–Crippen MR) is 76.3 cm³/mol. The van der Waals surface area contributed by atoms with Crippen LogP contribution in [0.25, 0.3) is 0 Å². The zero-order chi connectivity index (χ0) is 14.5. The summed E-state index contributed by atoms with van der Waals surface area (Å²) in [6.07, 6.45) is 1.58. The van der Waals surface area contributed by atoms with Gasteiger partial charge in [-0.3, -0.25) is 9.48 Å². The quantitative estimate of drug-likeness (QED) is 0.808. The first kappa shape index (κ1) is 13.8. The Morgan fingerprint density at radius 1 is 1.45 bits per heavy atom. The molecule has 1 heterocycles. The molecule has 0 radical (unpaired) electrons. The van der Waals surface area contributed by atoms with E-state index in [4.69, 9.17) is 5.11 Å². The molecule has 0 atom stereocenters. The number of nitrogens with zero attached hydrogens (tertiary/aromatic N) is 2. The SMILES string of the molecule is Cc1cc(NC(=O)c2ccnn2C)ccc1C#CCO. The lowest BCUT2D eigenvalue weighted by molar-refractivity contribution is 0.101. The number of aryl methyl sites for hydroxylation is 2. The van der Waals surface area contributed by atoms with Gasteiger partial charge in [-0.1, -0.05) is 11.8 Å². The molecule has 0 aliphatic heterocycles. The Morgan fingerprint density at radius 3 is 2.85 bits per heavy atom. The van der Waals surface area contributed by atoms with E-state index in [1.165, 1.54) is 4.68 Å². The number of aliphatic hydroxyl groups is 1. The van der Waals surface area contributed by atoms with Crippen LogP contribution in [-0.4, -0.2) is 27.4 Å². The third kappa shape index (κ3) is 3.05.